The van der Waals surface area contributed by atoms with Gasteiger partial charge >= 0.3 is 5.97 Å². The van der Waals surface area contributed by atoms with Crippen molar-refractivity contribution in [3.05, 3.63) is 12.2 Å². The number of allylic oxidation sites excluding steroid dienone is 1. The molecular weight excluding hydrogens is 172 g/mol. The quantitative estimate of drug-likeness (QED) is 0.482. The molecule has 0 unspecified atom stereocenters. The zero-order valence-corrected chi connectivity index (χ0v) is 7.84. The zero-order valence-electron chi connectivity index (χ0n) is 7.03. The van der Waals surface area contributed by atoms with Crippen LogP contribution in [0.5, 0.6) is 0 Å². The molecule has 1 saturated heterocycles. The van der Waals surface area contributed by atoms with Crippen molar-refractivity contribution in [1.29, 1.82) is 0 Å². The molecule has 3 atom stereocenters. The summed E-state index contributed by atoms with van der Waals surface area (Å²) in [5, 5.41) is 0.657. The van der Waals surface area contributed by atoms with Gasteiger partial charge in [0, 0.05) is 11.2 Å². The monoisotopic (exact) mass is 184 g/mol. The molecule has 2 nitrogen and oxygen atoms in total. The second kappa shape index (κ2) is 3.13. The fourth-order valence-electron chi connectivity index (χ4n) is 1.76. The van der Waals surface area contributed by atoms with E-state index in [1.54, 1.807) is 11.8 Å². The Morgan fingerprint density at radius 1 is 1.67 bits per heavy atom. The van der Waals surface area contributed by atoms with Crippen molar-refractivity contribution in [3.63, 3.8) is 0 Å². The average molecular weight is 184 g/mol. The third kappa shape index (κ3) is 1.26. The number of esters is 1. The van der Waals surface area contributed by atoms with Gasteiger partial charge < -0.3 is 4.74 Å². The summed E-state index contributed by atoms with van der Waals surface area (Å²) in [5.74, 6) is 0.415. The third-order valence-electron chi connectivity index (χ3n) is 2.31. The van der Waals surface area contributed by atoms with E-state index in [0.29, 0.717) is 17.8 Å². The molecule has 0 aromatic rings. The molecule has 2 bridgehead atoms. The number of hydrogen-bond acceptors (Lipinski definition) is 3. The normalized spacial score (nSPS) is 37.2. The molecule has 2 aliphatic rings. The van der Waals surface area contributed by atoms with Crippen LogP contribution in [-0.2, 0) is 9.53 Å². The van der Waals surface area contributed by atoms with E-state index in [9.17, 15) is 4.79 Å². The van der Waals surface area contributed by atoms with Crippen molar-refractivity contribution >= 4 is 17.7 Å². The molecule has 0 radical (unpaired) electrons. The molecule has 1 aliphatic carbocycles. The van der Waals surface area contributed by atoms with E-state index in [0.717, 1.165) is 6.42 Å². The Hall–Kier alpha value is -0.440. The predicted octanol–water partition coefficient (Wildman–Crippen LogP) is 1.61. The van der Waals surface area contributed by atoms with Gasteiger partial charge in [0.2, 0.25) is 0 Å². The molecule has 1 heterocycles. The van der Waals surface area contributed by atoms with Gasteiger partial charge in [-0.3, -0.25) is 4.79 Å². The van der Waals surface area contributed by atoms with Crippen molar-refractivity contribution in [2.45, 2.75) is 23.8 Å². The molecule has 0 N–H and O–H groups in total. The van der Waals surface area contributed by atoms with Crippen LogP contribution in [0.2, 0.25) is 0 Å². The van der Waals surface area contributed by atoms with E-state index in [-0.39, 0.29) is 11.2 Å². The smallest absolute Gasteiger partial charge is 0.319 e. The molecule has 1 aliphatic heterocycles. The summed E-state index contributed by atoms with van der Waals surface area (Å²) >= 11 is 1.75. The topological polar surface area (TPSA) is 26.3 Å². The Kier molecular flexibility index (Phi) is 2.13. The van der Waals surface area contributed by atoms with Crippen LogP contribution in [0.4, 0.5) is 0 Å². The lowest BCUT2D eigenvalue weighted by Crippen LogP contribution is -2.24. The van der Waals surface area contributed by atoms with E-state index < -0.39 is 0 Å². The Morgan fingerprint density at radius 2 is 2.50 bits per heavy atom. The molecule has 66 valence electrons. The second-order valence-electron chi connectivity index (χ2n) is 3.13. The number of hydrogen-bond donors (Lipinski definition) is 0. The van der Waals surface area contributed by atoms with Crippen molar-refractivity contribution in [3.8, 4) is 0 Å². The van der Waals surface area contributed by atoms with Crippen molar-refractivity contribution in [2.75, 3.05) is 6.61 Å². The van der Waals surface area contributed by atoms with Gasteiger partial charge in [-0.15, -0.1) is 11.8 Å². The Morgan fingerprint density at radius 3 is 3.00 bits per heavy atom. The zero-order chi connectivity index (χ0) is 8.55. The van der Waals surface area contributed by atoms with Crippen LogP contribution < -0.4 is 0 Å². The van der Waals surface area contributed by atoms with Crippen LogP contribution in [-0.4, -0.2) is 23.1 Å². The summed E-state index contributed by atoms with van der Waals surface area (Å²) in [5.41, 5.74) is 0. The number of ether oxygens (including phenoxy) is 1. The molecule has 3 heteroatoms. The van der Waals surface area contributed by atoms with Crippen LogP contribution >= 0.6 is 11.8 Å². The standard InChI is InChI=1S/C9H12O2S/c1-2-11-9(10)8-6-3-4-7(5-6)12-8/h3-4,6-8H,2,5H2,1H3/t6-,7+,8-/m1/s1. The predicted molar refractivity (Wildman–Crippen MR) is 49.0 cm³/mol. The van der Waals surface area contributed by atoms with Gasteiger partial charge in [-0.2, -0.15) is 0 Å². The maximum absolute atomic E-state index is 11.4. The van der Waals surface area contributed by atoms with Crippen LogP contribution in [0, 0.1) is 5.92 Å². The van der Waals surface area contributed by atoms with Gasteiger partial charge in [0.25, 0.3) is 0 Å². The van der Waals surface area contributed by atoms with Crippen molar-refractivity contribution in [1.82, 2.24) is 0 Å². The van der Waals surface area contributed by atoms with E-state index >= 15 is 0 Å². The van der Waals surface area contributed by atoms with Crippen molar-refractivity contribution < 1.29 is 9.53 Å². The van der Waals surface area contributed by atoms with Gasteiger partial charge in [0.1, 0.15) is 5.25 Å². The van der Waals surface area contributed by atoms with Gasteiger partial charge in [0.05, 0.1) is 6.61 Å². The van der Waals surface area contributed by atoms with Gasteiger partial charge in [-0.05, 0) is 13.3 Å². The van der Waals surface area contributed by atoms with E-state index in [4.69, 9.17) is 4.74 Å². The molecule has 1 fully saturated rings. The van der Waals surface area contributed by atoms with Crippen LogP contribution in [0.1, 0.15) is 13.3 Å². The maximum Gasteiger partial charge on any atom is 0.319 e. The molecule has 0 aromatic carbocycles. The number of carbonyl (C=O) groups is 1. The minimum absolute atomic E-state index is 0.0284. The first kappa shape index (κ1) is 8.17. The lowest BCUT2D eigenvalue weighted by Gasteiger charge is -2.15. The summed E-state index contributed by atoms with van der Waals surface area (Å²) < 4.78 is 4.98. The Bertz CT molecular complexity index is 225. The highest BCUT2D eigenvalue weighted by molar-refractivity contribution is 8.01. The molecule has 0 spiro atoms. The van der Waals surface area contributed by atoms with E-state index in [1.807, 2.05) is 6.92 Å². The summed E-state index contributed by atoms with van der Waals surface area (Å²) in [6.07, 6.45) is 5.49. The lowest BCUT2D eigenvalue weighted by molar-refractivity contribution is -0.143. The third-order valence-corrected chi connectivity index (χ3v) is 3.84. The SMILES string of the molecule is CCOC(=O)[C@@H]1S[C@H]2C=C[C@@H]1C2. The number of fused-ring (bicyclic) bond motifs is 2. The largest absolute Gasteiger partial charge is 0.465 e. The Balaban J connectivity index is 1.98. The minimum atomic E-state index is -0.0284. The molecule has 12 heavy (non-hydrogen) atoms. The maximum atomic E-state index is 11.4. The molecule has 0 saturated carbocycles. The minimum Gasteiger partial charge on any atom is -0.465 e. The van der Waals surface area contributed by atoms with Crippen LogP contribution in [0.3, 0.4) is 0 Å². The highest BCUT2D eigenvalue weighted by Crippen LogP contribution is 2.45. The summed E-state index contributed by atoms with van der Waals surface area (Å²) in [7, 11) is 0. The fraction of sp³-hybridized carbons (Fsp3) is 0.667. The highest BCUT2D eigenvalue weighted by atomic mass is 32.2. The lowest BCUT2D eigenvalue weighted by atomic mass is 10.1. The summed E-state index contributed by atoms with van der Waals surface area (Å²) in [4.78, 5) is 11.4. The first-order valence-corrected chi connectivity index (χ1v) is 5.26. The molecule has 0 aromatic heterocycles. The average Bonchev–Trinajstić information content (AvgIpc) is 2.64. The Labute approximate surface area is 76.4 Å². The first-order chi connectivity index (χ1) is 5.81. The summed E-state index contributed by atoms with van der Waals surface area (Å²) in [6, 6.07) is 0. The first-order valence-electron chi connectivity index (χ1n) is 4.31. The van der Waals surface area contributed by atoms with Crippen molar-refractivity contribution in [2.24, 2.45) is 5.92 Å². The molecule has 0 amide bonds. The number of carbonyl (C=O) groups excluding carboxylic acids is 1. The van der Waals surface area contributed by atoms with Gasteiger partial charge in [-0.1, -0.05) is 12.2 Å². The van der Waals surface area contributed by atoms with Gasteiger partial charge in [0.15, 0.2) is 0 Å². The highest BCUT2D eigenvalue weighted by Gasteiger charge is 2.41. The molecular formula is C9H12O2S. The van der Waals surface area contributed by atoms with Crippen LogP contribution in [0.25, 0.3) is 0 Å². The fourth-order valence-corrected chi connectivity index (χ4v) is 3.24. The second-order valence-corrected chi connectivity index (χ2v) is 4.52. The van der Waals surface area contributed by atoms with E-state index in [2.05, 4.69) is 12.2 Å². The van der Waals surface area contributed by atoms with Gasteiger partial charge in [-0.25, -0.2) is 0 Å². The number of thioether (sulfide) groups is 1. The van der Waals surface area contributed by atoms with E-state index in [1.165, 1.54) is 0 Å². The summed E-state index contributed by atoms with van der Waals surface area (Å²) in [6.45, 7) is 2.35. The molecule has 2 rings (SSSR count). The number of rotatable bonds is 2. The van der Waals surface area contributed by atoms with Crippen LogP contribution in [0.15, 0.2) is 12.2 Å².